The molecule has 0 atom stereocenters. The van der Waals surface area contributed by atoms with Gasteiger partial charge >= 0.3 is 0 Å². The number of rotatable bonds is 7. The smallest absolute Gasteiger partial charge is 0.199 e. The highest BCUT2D eigenvalue weighted by molar-refractivity contribution is 6.06. The summed E-state index contributed by atoms with van der Waals surface area (Å²) >= 11 is 0. The van der Waals surface area contributed by atoms with Crippen molar-refractivity contribution in [2.75, 3.05) is 31.1 Å². The fraction of sp³-hybridized carbons (Fsp3) is 0.361. The Morgan fingerprint density at radius 1 is 0.658 bits per heavy atom. The van der Waals surface area contributed by atoms with Crippen molar-refractivity contribution in [3.63, 3.8) is 0 Å². The van der Waals surface area contributed by atoms with Gasteiger partial charge in [0, 0.05) is 30.9 Å². The zero-order valence-electron chi connectivity index (χ0n) is 25.3. The molecule has 3 aromatic rings. The molecule has 0 saturated carbocycles. The Morgan fingerprint density at radius 3 is 1.74 bits per heavy atom. The maximum Gasteiger partial charge on any atom is 0.199 e. The molecule has 38 heavy (non-hydrogen) atoms. The number of anilines is 1. The van der Waals surface area contributed by atoms with Gasteiger partial charge < -0.3 is 4.90 Å². The fourth-order valence-electron chi connectivity index (χ4n) is 5.00. The molecule has 0 spiro atoms. The van der Waals surface area contributed by atoms with Gasteiger partial charge in [-0.05, 0) is 97.5 Å². The molecular formula is C36H49N2+. The zero-order valence-corrected chi connectivity index (χ0v) is 25.3. The van der Waals surface area contributed by atoms with Crippen LogP contribution in [0.4, 0.5) is 5.69 Å². The Labute approximate surface area is 232 Å². The van der Waals surface area contributed by atoms with E-state index in [-0.39, 0.29) is 0 Å². The van der Waals surface area contributed by atoms with Gasteiger partial charge in [-0.25, -0.2) is 4.58 Å². The van der Waals surface area contributed by atoms with Crippen molar-refractivity contribution in [1.29, 1.82) is 0 Å². The summed E-state index contributed by atoms with van der Waals surface area (Å²) in [7, 11) is 0. The Kier molecular flexibility index (Phi) is 12.8. The number of hydrogen-bond donors (Lipinski definition) is 0. The van der Waals surface area contributed by atoms with E-state index in [4.69, 9.17) is 0 Å². The van der Waals surface area contributed by atoms with Gasteiger partial charge in [0.05, 0.1) is 0 Å². The first-order valence-electron chi connectivity index (χ1n) is 14.7. The first-order valence-corrected chi connectivity index (χ1v) is 14.7. The lowest BCUT2D eigenvalue weighted by atomic mass is 9.87. The van der Waals surface area contributed by atoms with Gasteiger partial charge in [-0.1, -0.05) is 76.2 Å². The predicted molar refractivity (Wildman–Crippen MR) is 172 cm³/mol. The molecule has 2 heteroatoms. The molecule has 3 aromatic carbocycles. The van der Waals surface area contributed by atoms with Gasteiger partial charge in [-0.15, -0.1) is 0 Å². The lowest BCUT2D eigenvalue weighted by molar-refractivity contribution is -0.519. The molecule has 202 valence electrons. The van der Waals surface area contributed by atoms with Crippen LogP contribution in [0.25, 0.3) is 16.3 Å². The first kappa shape index (κ1) is 30.8. The summed E-state index contributed by atoms with van der Waals surface area (Å²) in [5.41, 5.74) is 8.94. The van der Waals surface area contributed by atoms with E-state index in [0.29, 0.717) is 0 Å². The van der Waals surface area contributed by atoms with Crippen LogP contribution >= 0.6 is 0 Å². The van der Waals surface area contributed by atoms with Gasteiger partial charge in [0.2, 0.25) is 0 Å². The highest BCUT2D eigenvalue weighted by Crippen LogP contribution is 2.36. The van der Waals surface area contributed by atoms with Crippen LogP contribution in [-0.2, 0) is 0 Å². The van der Waals surface area contributed by atoms with E-state index >= 15 is 0 Å². The molecule has 1 aliphatic carbocycles. The second-order valence-corrected chi connectivity index (χ2v) is 8.79. The topological polar surface area (TPSA) is 6.25 Å². The lowest BCUT2D eigenvalue weighted by Gasteiger charge is -2.22. The number of aryl methyl sites for hydroxylation is 1. The van der Waals surface area contributed by atoms with Crippen molar-refractivity contribution in [2.24, 2.45) is 0 Å². The minimum Gasteiger partial charge on any atom is -0.372 e. The van der Waals surface area contributed by atoms with E-state index < -0.39 is 0 Å². The average Bonchev–Trinajstić information content (AvgIpc) is 2.99. The van der Waals surface area contributed by atoms with E-state index in [1.807, 2.05) is 27.7 Å². The Bertz CT molecular complexity index is 1260. The Hall–Kier alpha value is -3.39. The lowest BCUT2D eigenvalue weighted by Crippen LogP contribution is -2.21. The normalized spacial score (nSPS) is 11.9. The molecule has 1 aliphatic rings. The fourth-order valence-corrected chi connectivity index (χ4v) is 5.00. The number of hydrogen-bond acceptors (Lipinski definition) is 1. The third kappa shape index (κ3) is 6.92. The van der Waals surface area contributed by atoms with Crippen LogP contribution in [-0.4, -0.2) is 36.5 Å². The summed E-state index contributed by atoms with van der Waals surface area (Å²) in [6.07, 6.45) is 9.11. The standard InChI is InChI=1S/C32H37N2.2C2H6/c1-6-33(7-2)27-19-15-25(16-20-27)32(26-17-21-28(22-18-26)34(8-3)9-4)31-23-14-24(5)29-12-10-11-13-30(29)31;2*1-2/h10-23H,6-9H2,1-5H3;2*1-2H3/q+1;;. The van der Waals surface area contributed by atoms with Gasteiger partial charge in [0.15, 0.2) is 5.71 Å². The van der Waals surface area contributed by atoms with Crippen LogP contribution in [0.5, 0.6) is 0 Å². The van der Waals surface area contributed by atoms with Crippen LogP contribution < -0.4 is 4.90 Å². The number of allylic oxidation sites excluding steroid dienone is 5. The molecule has 0 heterocycles. The third-order valence-electron chi connectivity index (χ3n) is 6.98. The second-order valence-electron chi connectivity index (χ2n) is 8.79. The molecule has 0 bridgehead atoms. The van der Waals surface area contributed by atoms with E-state index in [0.717, 1.165) is 26.2 Å². The minimum absolute atomic E-state index is 1.02. The summed E-state index contributed by atoms with van der Waals surface area (Å²) in [6.45, 7) is 23.1. The van der Waals surface area contributed by atoms with E-state index in [1.54, 1.807) is 0 Å². The molecular weight excluding hydrogens is 460 g/mol. The van der Waals surface area contributed by atoms with Crippen LogP contribution in [0.3, 0.4) is 0 Å². The highest BCUT2D eigenvalue weighted by Gasteiger charge is 2.17. The molecule has 4 rings (SSSR count). The van der Waals surface area contributed by atoms with E-state index in [2.05, 4.69) is 129 Å². The van der Waals surface area contributed by atoms with Crippen LogP contribution in [0, 0.1) is 6.92 Å². The van der Waals surface area contributed by atoms with E-state index in [9.17, 15) is 0 Å². The molecule has 0 saturated heterocycles. The molecule has 0 fully saturated rings. The second kappa shape index (κ2) is 15.8. The third-order valence-corrected chi connectivity index (χ3v) is 6.98. The zero-order chi connectivity index (χ0) is 28.1. The first-order chi connectivity index (χ1) is 18.6. The van der Waals surface area contributed by atoms with Crippen molar-refractivity contribution in [1.82, 2.24) is 0 Å². The van der Waals surface area contributed by atoms with Crippen molar-refractivity contribution in [3.8, 4) is 0 Å². The molecule has 0 unspecified atom stereocenters. The van der Waals surface area contributed by atoms with Crippen molar-refractivity contribution >= 4 is 27.7 Å². The quantitative estimate of drug-likeness (QED) is 0.287. The van der Waals surface area contributed by atoms with Crippen LogP contribution in [0.1, 0.15) is 72.1 Å². The van der Waals surface area contributed by atoms with Gasteiger partial charge in [-0.2, -0.15) is 0 Å². The largest absolute Gasteiger partial charge is 0.372 e. The van der Waals surface area contributed by atoms with Crippen molar-refractivity contribution in [3.05, 3.63) is 107 Å². The van der Waals surface area contributed by atoms with E-state index in [1.165, 1.54) is 50.0 Å². The maximum atomic E-state index is 2.39. The number of nitrogens with zero attached hydrogens (tertiary/aromatic N) is 2. The monoisotopic (exact) mass is 509 g/mol. The Morgan fingerprint density at radius 2 is 1.21 bits per heavy atom. The van der Waals surface area contributed by atoms with Crippen LogP contribution in [0.15, 0.2) is 90.5 Å². The van der Waals surface area contributed by atoms with Gasteiger partial charge in [-0.3, -0.25) is 0 Å². The molecule has 0 aliphatic heterocycles. The summed E-state index contributed by atoms with van der Waals surface area (Å²) in [6, 6.07) is 22.4. The summed E-state index contributed by atoms with van der Waals surface area (Å²) < 4.78 is 2.39. The average molecular weight is 510 g/mol. The van der Waals surface area contributed by atoms with Crippen molar-refractivity contribution < 1.29 is 4.58 Å². The van der Waals surface area contributed by atoms with Gasteiger partial charge in [0.25, 0.3) is 0 Å². The summed E-state index contributed by atoms with van der Waals surface area (Å²) in [5, 5.41) is 2.62. The highest BCUT2D eigenvalue weighted by atomic mass is 15.1. The predicted octanol–water partition coefficient (Wildman–Crippen LogP) is 9.47. The number of fused-ring (bicyclic) bond motifs is 1. The molecule has 0 N–H and O–H groups in total. The van der Waals surface area contributed by atoms with Gasteiger partial charge in [0.1, 0.15) is 13.1 Å². The molecule has 0 aromatic heterocycles. The maximum absolute atomic E-state index is 2.39. The minimum atomic E-state index is 1.02. The van der Waals surface area contributed by atoms with Crippen LogP contribution in [0.2, 0.25) is 0 Å². The molecule has 0 amide bonds. The van der Waals surface area contributed by atoms with Crippen molar-refractivity contribution in [2.45, 2.75) is 62.3 Å². The molecule has 2 nitrogen and oxygen atoms in total. The SMILES string of the molecule is CC.CC.CCN(CC)c1ccc(C(=C2C=CC(=[N+](CC)CC)C=C2)c2ccc(C)c3ccccc23)cc1. The Balaban J connectivity index is 0.00000121. The summed E-state index contributed by atoms with van der Waals surface area (Å²) in [5.74, 6) is 0. The molecule has 0 radical (unpaired) electrons. The summed E-state index contributed by atoms with van der Waals surface area (Å²) in [4.78, 5) is 2.39. The number of benzene rings is 3.